The fraction of sp³-hybridized carbons (Fsp3) is 0.484. The Labute approximate surface area is 224 Å². The molecule has 2 aromatic carbocycles. The molecule has 37 heavy (non-hydrogen) atoms. The van der Waals surface area contributed by atoms with Gasteiger partial charge in [0, 0.05) is 6.61 Å². The largest absolute Gasteiger partial charge is 0.465 e. The van der Waals surface area contributed by atoms with Crippen LogP contribution in [0.3, 0.4) is 0 Å². The predicted octanol–water partition coefficient (Wildman–Crippen LogP) is 5.67. The molecule has 0 amide bonds. The Morgan fingerprint density at radius 1 is 0.838 bits per heavy atom. The minimum Gasteiger partial charge on any atom is -0.465 e. The number of rotatable bonds is 13. The average Bonchev–Trinajstić information content (AvgIpc) is 2.86. The summed E-state index contributed by atoms with van der Waals surface area (Å²) in [6, 6.07) is 21.0. The molecule has 2 aromatic rings. The van der Waals surface area contributed by atoms with Gasteiger partial charge in [0.15, 0.2) is 5.92 Å². The molecule has 0 saturated heterocycles. The first-order chi connectivity index (χ1) is 17.6. The predicted molar refractivity (Wildman–Crippen MR) is 152 cm³/mol. The van der Waals surface area contributed by atoms with E-state index in [0.29, 0.717) is 19.4 Å². The smallest absolute Gasteiger partial charge is 0.320 e. The van der Waals surface area contributed by atoms with Gasteiger partial charge in [-0.05, 0) is 61.9 Å². The Kier molecular flexibility index (Phi) is 11.8. The lowest BCUT2D eigenvalue weighted by molar-refractivity contribution is -0.162. The van der Waals surface area contributed by atoms with Crippen molar-refractivity contribution in [3.8, 4) is 0 Å². The molecular formula is C31H44O5Si. The van der Waals surface area contributed by atoms with Gasteiger partial charge in [-0.15, -0.1) is 0 Å². The zero-order valence-electron chi connectivity index (χ0n) is 23.6. The van der Waals surface area contributed by atoms with Crippen LogP contribution in [0, 0.1) is 11.8 Å². The normalized spacial score (nSPS) is 12.6. The lowest BCUT2D eigenvalue weighted by Crippen LogP contribution is -2.67. The molecule has 2 rings (SSSR count). The minimum absolute atomic E-state index is 0.0737. The summed E-state index contributed by atoms with van der Waals surface area (Å²) in [7, 11) is -2.76. The number of allylic oxidation sites excluding steroid dienone is 2. The summed E-state index contributed by atoms with van der Waals surface area (Å²) in [5.41, 5.74) is 1.18. The minimum atomic E-state index is -2.76. The van der Waals surface area contributed by atoms with Gasteiger partial charge in [0.2, 0.25) is 0 Å². The van der Waals surface area contributed by atoms with E-state index in [4.69, 9.17) is 13.9 Å². The Bertz CT molecular complexity index is 949. The molecule has 0 heterocycles. The molecule has 0 spiro atoms. The third kappa shape index (κ3) is 8.14. The van der Waals surface area contributed by atoms with Gasteiger partial charge in [-0.3, -0.25) is 9.59 Å². The van der Waals surface area contributed by atoms with Crippen molar-refractivity contribution in [1.82, 2.24) is 0 Å². The number of carbonyl (C=O) groups excluding carboxylic acids is 2. The highest BCUT2D eigenvalue weighted by Gasteiger charge is 2.50. The van der Waals surface area contributed by atoms with Crippen molar-refractivity contribution in [2.24, 2.45) is 11.8 Å². The second-order valence-electron chi connectivity index (χ2n) is 10.6. The van der Waals surface area contributed by atoms with Gasteiger partial charge in [-0.1, -0.05) is 93.1 Å². The standard InChI is InChI=1S/C31H44O5Si/c1-8-34-29(32)28(30(33)35-9-2)22-25(21-20-24(3)4)23-36-37(31(5,6)7,26-16-12-10-13-17-26)27-18-14-11-15-19-27/h10-20,25,28H,8-9,21-23H2,1-7H3. The summed E-state index contributed by atoms with van der Waals surface area (Å²) in [4.78, 5) is 25.5. The van der Waals surface area contributed by atoms with Crippen LogP contribution in [0.2, 0.25) is 5.04 Å². The van der Waals surface area contributed by atoms with Crippen molar-refractivity contribution in [3.05, 3.63) is 72.3 Å². The Hall–Kier alpha value is -2.70. The molecule has 0 saturated carbocycles. The number of carbonyl (C=O) groups is 2. The zero-order chi connectivity index (χ0) is 27.5. The van der Waals surface area contributed by atoms with Gasteiger partial charge < -0.3 is 13.9 Å². The van der Waals surface area contributed by atoms with Gasteiger partial charge in [0.1, 0.15) is 0 Å². The SMILES string of the molecule is CCOC(=O)C(CC(CC=C(C)C)CO[Si](c1ccccc1)(c1ccccc1)C(C)(C)C)C(=O)OCC. The lowest BCUT2D eigenvalue weighted by atomic mass is 9.92. The topological polar surface area (TPSA) is 61.8 Å². The van der Waals surface area contributed by atoms with E-state index in [1.165, 1.54) is 15.9 Å². The summed E-state index contributed by atoms with van der Waals surface area (Å²) in [5, 5.41) is 2.22. The molecule has 0 aliphatic heterocycles. The van der Waals surface area contributed by atoms with E-state index in [1.54, 1.807) is 13.8 Å². The number of benzene rings is 2. The summed E-state index contributed by atoms with van der Waals surface area (Å²) in [6.45, 7) is 15.1. The molecule has 6 heteroatoms. The van der Waals surface area contributed by atoms with E-state index in [2.05, 4.69) is 75.4 Å². The van der Waals surface area contributed by atoms with E-state index < -0.39 is 26.2 Å². The Morgan fingerprint density at radius 2 is 1.30 bits per heavy atom. The second-order valence-corrected chi connectivity index (χ2v) is 15.0. The third-order valence-electron chi connectivity index (χ3n) is 6.52. The van der Waals surface area contributed by atoms with Crippen molar-refractivity contribution in [1.29, 1.82) is 0 Å². The highest BCUT2D eigenvalue weighted by molar-refractivity contribution is 6.99. The maximum absolute atomic E-state index is 12.8. The van der Waals surface area contributed by atoms with E-state index >= 15 is 0 Å². The summed E-state index contributed by atoms with van der Waals surface area (Å²) in [5.74, 6) is -2.12. The zero-order valence-corrected chi connectivity index (χ0v) is 24.6. The highest BCUT2D eigenvalue weighted by atomic mass is 28.4. The lowest BCUT2D eigenvalue weighted by Gasteiger charge is -2.43. The van der Waals surface area contributed by atoms with Crippen LogP contribution in [-0.2, 0) is 23.5 Å². The van der Waals surface area contributed by atoms with Gasteiger partial charge >= 0.3 is 11.9 Å². The molecule has 202 valence electrons. The van der Waals surface area contributed by atoms with Crippen LogP contribution < -0.4 is 10.4 Å². The van der Waals surface area contributed by atoms with Crippen LogP contribution in [0.15, 0.2) is 72.3 Å². The molecule has 0 aromatic heterocycles. The molecule has 0 radical (unpaired) electrons. The average molecular weight is 525 g/mol. The number of ether oxygens (including phenoxy) is 2. The number of hydrogen-bond donors (Lipinski definition) is 0. The quantitative estimate of drug-likeness (QED) is 0.146. The molecule has 0 N–H and O–H groups in total. The van der Waals surface area contributed by atoms with Crippen molar-refractivity contribution in [3.63, 3.8) is 0 Å². The van der Waals surface area contributed by atoms with Crippen LogP contribution >= 0.6 is 0 Å². The monoisotopic (exact) mass is 524 g/mol. The first-order valence-electron chi connectivity index (χ1n) is 13.3. The first-order valence-corrected chi connectivity index (χ1v) is 15.2. The molecule has 1 atom stereocenters. The van der Waals surface area contributed by atoms with E-state index in [-0.39, 0.29) is 24.2 Å². The molecule has 0 aliphatic rings. The van der Waals surface area contributed by atoms with Crippen LogP contribution in [0.5, 0.6) is 0 Å². The van der Waals surface area contributed by atoms with E-state index in [9.17, 15) is 9.59 Å². The molecule has 0 aliphatic carbocycles. The van der Waals surface area contributed by atoms with Crippen molar-refractivity contribution >= 4 is 30.6 Å². The van der Waals surface area contributed by atoms with Gasteiger partial charge in [-0.25, -0.2) is 0 Å². The van der Waals surface area contributed by atoms with Crippen LogP contribution in [0.1, 0.15) is 61.3 Å². The van der Waals surface area contributed by atoms with Crippen molar-refractivity contribution in [2.45, 2.75) is 66.3 Å². The molecule has 0 fully saturated rings. The third-order valence-corrected chi connectivity index (χ3v) is 11.5. The van der Waals surface area contributed by atoms with Gasteiger partial charge in [-0.2, -0.15) is 0 Å². The fourth-order valence-corrected chi connectivity index (χ4v) is 9.39. The number of esters is 2. The van der Waals surface area contributed by atoms with E-state index in [1.807, 2.05) is 26.0 Å². The summed E-state index contributed by atoms with van der Waals surface area (Å²) in [6.07, 6.45) is 3.14. The molecule has 5 nitrogen and oxygen atoms in total. The maximum atomic E-state index is 12.8. The van der Waals surface area contributed by atoms with Crippen LogP contribution in [-0.4, -0.2) is 40.1 Å². The summed E-state index contributed by atoms with van der Waals surface area (Å²) < 4.78 is 17.6. The van der Waals surface area contributed by atoms with Gasteiger partial charge in [0.05, 0.1) is 13.2 Å². The number of hydrogen-bond acceptors (Lipinski definition) is 5. The van der Waals surface area contributed by atoms with Crippen LogP contribution in [0.25, 0.3) is 0 Å². The first kappa shape index (κ1) is 30.5. The Morgan fingerprint density at radius 3 is 1.68 bits per heavy atom. The Balaban J connectivity index is 2.51. The van der Waals surface area contributed by atoms with E-state index in [0.717, 1.165) is 0 Å². The molecule has 1 unspecified atom stereocenters. The molecular weight excluding hydrogens is 480 g/mol. The fourth-order valence-electron chi connectivity index (χ4n) is 4.75. The van der Waals surface area contributed by atoms with Crippen molar-refractivity contribution in [2.75, 3.05) is 19.8 Å². The van der Waals surface area contributed by atoms with Gasteiger partial charge in [0.25, 0.3) is 8.32 Å². The maximum Gasteiger partial charge on any atom is 0.320 e. The molecule has 0 bridgehead atoms. The second kappa shape index (κ2) is 14.3. The van der Waals surface area contributed by atoms with Crippen LogP contribution in [0.4, 0.5) is 0 Å². The van der Waals surface area contributed by atoms with Crippen molar-refractivity contribution < 1.29 is 23.5 Å². The summed E-state index contributed by atoms with van der Waals surface area (Å²) >= 11 is 0. The highest BCUT2D eigenvalue weighted by Crippen LogP contribution is 2.37.